The van der Waals surface area contributed by atoms with E-state index in [4.69, 9.17) is 9.47 Å². The SMILES string of the molecule is CCOC(=O)C1(N2CCNCC2)CCOc2ccccc21. The van der Waals surface area contributed by atoms with E-state index >= 15 is 0 Å². The van der Waals surface area contributed by atoms with Gasteiger partial charge in [0.05, 0.1) is 13.2 Å². The van der Waals surface area contributed by atoms with Gasteiger partial charge < -0.3 is 14.8 Å². The van der Waals surface area contributed by atoms with Crippen molar-refractivity contribution in [2.24, 2.45) is 0 Å². The number of para-hydroxylation sites is 1. The number of nitrogens with zero attached hydrogens (tertiary/aromatic N) is 1. The number of carbonyl (C=O) groups excluding carboxylic acids is 1. The maximum Gasteiger partial charge on any atom is 0.331 e. The third-order valence-electron chi connectivity index (χ3n) is 4.32. The van der Waals surface area contributed by atoms with Crippen molar-refractivity contribution >= 4 is 5.97 Å². The Kier molecular flexibility index (Phi) is 4.12. The highest BCUT2D eigenvalue weighted by Crippen LogP contribution is 2.42. The summed E-state index contributed by atoms with van der Waals surface area (Å²) >= 11 is 0. The molecule has 1 N–H and O–H groups in total. The van der Waals surface area contributed by atoms with Crippen LogP contribution in [-0.4, -0.2) is 50.3 Å². The molecule has 0 aromatic heterocycles. The van der Waals surface area contributed by atoms with Gasteiger partial charge in [-0.25, -0.2) is 4.79 Å². The van der Waals surface area contributed by atoms with Crippen LogP contribution in [0, 0.1) is 0 Å². The molecule has 1 atom stereocenters. The second-order valence-electron chi connectivity index (χ2n) is 5.41. The average molecular weight is 290 g/mol. The first-order valence-corrected chi connectivity index (χ1v) is 7.64. The van der Waals surface area contributed by atoms with Crippen molar-refractivity contribution in [1.82, 2.24) is 10.2 Å². The van der Waals surface area contributed by atoms with Crippen LogP contribution >= 0.6 is 0 Å². The largest absolute Gasteiger partial charge is 0.493 e. The van der Waals surface area contributed by atoms with Crippen molar-refractivity contribution in [2.75, 3.05) is 39.4 Å². The van der Waals surface area contributed by atoms with Gasteiger partial charge in [-0.1, -0.05) is 18.2 Å². The smallest absolute Gasteiger partial charge is 0.331 e. The highest BCUT2D eigenvalue weighted by molar-refractivity contribution is 5.84. The summed E-state index contributed by atoms with van der Waals surface area (Å²) in [6.45, 7) is 6.26. The fourth-order valence-corrected chi connectivity index (χ4v) is 3.34. The molecule has 1 fully saturated rings. The van der Waals surface area contributed by atoms with Gasteiger partial charge in [0.25, 0.3) is 0 Å². The molecule has 3 rings (SSSR count). The van der Waals surface area contributed by atoms with Gasteiger partial charge in [0.1, 0.15) is 5.75 Å². The summed E-state index contributed by atoms with van der Waals surface area (Å²) in [5, 5.41) is 3.34. The maximum atomic E-state index is 12.8. The van der Waals surface area contributed by atoms with Crippen molar-refractivity contribution in [2.45, 2.75) is 18.9 Å². The van der Waals surface area contributed by atoms with E-state index in [0.29, 0.717) is 19.6 Å². The molecule has 2 aliphatic rings. The van der Waals surface area contributed by atoms with E-state index in [9.17, 15) is 4.79 Å². The number of benzene rings is 1. The normalized spacial score (nSPS) is 25.8. The minimum absolute atomic E-state index is 0.150. The molecular weight excluding hydrogens is 268 g/mol. The summed E-state index contributed by atoms with van der Waals surface area (Å²) in [6.07, 6.45) is 0.642. The first-order chi connectivity index (χ1) is 10.3. The van der Waals surface area contributed by atoms with Gasteiger partial charge in [-0.3, -0.25) is 4.90 Å². The van der Waals surface area contributed by atoms with Gasteiger partial charge in [-0.05, 0) is 13.0 Å². The summed E-state index contributed by atoms with van der Waals surface area (Å²) in [5.74, 6) is 0.651. The van der Waals surface area contributed by atoms with E-state index in [2.05, 4.69) is 10.2 Å². The third kappa shape index (κ3) is 2.40. The number of esters is 1. The number of hydrogen-bond donors (Lipinski definition) is 1. The first kappa shape index (κ1) is 14.4. The van der Waals surface area contributed by atoms with Crippen LogP contribution < -0.4 is 10.1 Å². The predicted octanol–water partition coefficient (Wildman–Crippen LogP) is 1.13. The molecule has 0 aliphatic carbocycles. The molecule has 0 saturated carbocycles. The molecule has 1 saturated heterocycles. The Labute approximate surface area is 125 Å². The number of fused-ring (bicyclic) bond motifs is 1. The molecule has 0 bridgehead atoms. The summed E-state index contributed by atoms with van der Waals surface area (Å²) < 4.78 is 11.2. The highest BCUT2D eigenvalue weighted by atomic mass is 16.5. The molecule has 1 aromatic rings. The molecule has 5 nitrogen and oxygen atoms in total. The number of ether oxygens (including phenoxy) is 2. The zero-order valence-electron chi connectivity index (χ0n) is 12.4. The molecule has 2 heterocycles. The lowest BCUT2D eigenvalue weighted by Crippen LogP contribution is -2.60. The molecule has 1 unspecified atom stereocenters. The lowest BCUT2D eigenvalue weighted by molar-refractivity contribution is -0.162. The fraction of sp³-hybridized carbons (Fsp3) is 0.562. The number of carbonyl (C=O) groups is 1. The second kappa shape index (κ2) is 6.03. The van der Waals surface area contributed by atoms with Gasteiger partial charge in [-0.2, -0.15) is 0 Å². The molecule has 0 radical (unpaired) electrons. The standard InChI is InChI=1S/C16H22N2O3/c1-2-20-15(19)16(18-10-8-17-9-11-18)7-12-21-14-6-4-3-5-13(14)16/h3-6,17H,2,7-12H2,1H3. The van der Waals surface area contributed by atoms with E-state index in [1.54, 1.807) is 0 Å². The monoisotopic (exact) mass is 290 g/mol. The Bertz CT molecular complexity index is 514. The fourth-order valence-electron chi connectivity index (χ4n) is 3.34. The quantitative estimate of drug-likeness (QED) is 0.846. The van der Waals surface area contributed by atoms with E-state index < -0.39 is 5.54 Å². The van der Waals surface area contributed by atoms with E-state index in [0.717, 1.165) is 37.5 Å². The first-order valence-electron chi connectivity index (χ1n) is 7.64. The molecular formula is C16H22N2O3. The summed E-state index contributed by atoms with van der Waals surface area (Å²) in [7, 11) is 0. The minimum atomic E-state index is -0.701. The van der Waals surface area contributed by atoms with Gasteiger partial charge in [0.2, 0.25) is 0 Å². The van der Waals surface area contributed by atoms with Crippen molar-refractivity contribution in [3.05, 3.63) is 29.8 Å². The topological polar surface area (TPSA) is 50.8 Å². The molecule has 21 heavy (non-hydrogen) atoms. The van der Waals surface area contributed by atoms with Gasteiger partial charge >= 0.3 is 5.97 Å². The lowest BCUT2D eigenvalue weighted by atomic mass is 9.82. The molecule has 2 aliphatic heterocycles. The zero-order valence-corrected chi connectivity index (χ0v) is 12.4. The summed E-state index contributed by atoms with van der Waals surface area (Å²) in [6, 6.07) is 7.83. The van der Waals surface area contributed by atoms with Crippen molar-refractivity contribution in [1.29, 1.82) is 0 Å². The van der Waals surface area contributed by atoms with Crippen molar-refractivity contribution in [3.8, 4) is 5.75 Å². The van der Waals surface area contributed by atoms with Gasteiger partial charge in [0.15, 0.2) is 5.54 Å². The van der Waals surface area contributed by atoms with E-state index in [-0.39, 0.29) is 5.97 Å². The number of nitrogens with one attached hydrogen (secondary N) is 1. The van der Waals surface area contributed by atoms with Crippen LogP contribution in [0.25, 0.3) is 0 Å². The van der Waals surface area contributed by atoms with Crippen LogP contribution in [0.4, 0.5) is 0 Å². The lowest BCUT2D eigenvalue weighted by Gasteiger charge is -2.46. The average Bonchev–Trinajstić information content (AvgIpc) is 2.55. The number of piperazine rings is 1. The molecule has 114 valence electrons. The molecule has 5 heteroatoms. The Morgan fingerprint density at radius 2 is 2.14 bits per heavy atom. The van der Waals surface area contributed by atoms with Crippen LogP contribution in [0.3, 0.4) is 0 Å². The van der Waals surface area contributed by atoms with Crippen LogP contribution in [0.2, 0.25) is 0 Å². The van der Waals surface area contributed by atoms with Gasteiger partial charge in [0, 0.05) is 38.2 Å². The third-order valence-corrected chi connectivity index (χ3v) is 4.32. The van der Waals surface area contributed by atoms with Crippen LogP contribution in [0.1, 0.15) is 18.9 Å². The predicted molar refractivity (Wildman–Crippen MR) is 79.3 cm³/mol. The Hall–Kier alpha value is -1.59. The maximum absolute atomic E-state index is 12.8. The van der Waals surface area contributed by atoms with Gasteiger partial charge in [-0.15, -0.1) is 0 Å². The number of rotatable bonds is 3. The Balaban J connectivity index is 2.06. The number of hydrogen-bond acceptors (Lipinski definition) is 5. The van der Waals surface area contributed by atoms with E-state index in [1.165, 1.54) is 0 Å². The zero-order chi connectivity index (χ0) is 14.7. The van der Waals surface area contributed by atoms with Crippen molar-refractivity contribution < 1.29 is 14.3 Å². The molecule has 1 aromatic carbocycles. The molecule has 0 amide bonds. The highest BCUT2D eigenvalue weighted by Gasteiger charge is 2.50. The second-order valence-corrected chi connectivity index (χ2v) is 5.41. The summed E-state index contributed by atoms with van der Waals surface area (Å²) in [4.78, 5) is 15.1. The Morgan fingerprint density at radius 1 is 1.38 bits per heavy atom. The minimum Gasteiger partial charge on any atom is -0.493 e. The molecule has 0 spiro atoms. The summed E-state index contributed by atoms with van der Waals surface area (Å²) in [5.41, 5.74) is 0.240. The van der Waals surface area contributed by atoms with E-state index in [1.807, 2.05) is 31.2 Å². The van der Waals surface area contributed by atoms with Crippen molar-refractivity contribution in [3.63, 3.8) is 0 Å². The van der Waals surface area contributed by atoms with Crippen LogP contribution in [-0.2, 0) is 15.1 Å². The van der Waals surface area contributed by atoms with Crippen LogP contribution in [0.15, 0.2) is 24.3 Å². The Morgan fingerprint density at radius 3 is 2.90 bits per heavy atom. The van der Waals surface area contributed by atoms with Crippen LogP contribution in [0.5, 0.6) is 5.75 Å².